The second kappa shape index (κ2) is 6.30. The molecule has 6 nitrogen and oxygen atoms in total. The van der Waals surface area contributed by atoms with Gasteiger partial charge in [0.2, 0.25) is 11.7 Å². The standard InChI is InChI=1S/C21H11F2N3O3/c22-12-4-2-11(3-5-12)17-16-18(27)14-10-13(23)6-7-15(14)29-19(16)20(28)26(17)21-24-8-1-9-25-21/h1-10,17H/t17-/m0/s1. The van der Waals surface area contributed by atoms with E-state index in [-0.39, 0.29) is 28.2 Å². The number of anilines is 1. The predicted octanol–water partition coefficient (Wildman–Crippen LogP) is 3.61. The summed E-state index contributed by atoms with van der Waals surface area (Å²) in [4.78, 5) is 35.9. The SMILES string of the molecule is O=C1c2oc3ccc(F)cc3c(=O)c2[C@H](c2ccc(F)cc2)N1c1ncccn1. The quantitative estimate of drug-likeness (QED) is 0.522. The summed E-state index contributed by atoms with van der Waals surface area (Å²) in [6.07, 6.45) is 2.92. The van der Waals surface area contributed by atoms with Crippen LogP contribution in [-0.2, 0) is 0 Å². The minimum atomic E-state index is -0.940. The molecule has 8 heteroatoms. The minimum Gasteiger partial charge on any atom is -0.450 e. The van der Waals surface area contributed by atoms with Gasteiger partial charge in [0.25, 0.3) is 5.91 Å². The molecule has 0 bridgehead atoms. The second-order valence-corrected chi connectivity index (χ2v) is 6.49. The molecule has 0 saturated carbocycles. The molecule has 1 aliphatic rings. The van der Waals surface area contributed by atoms with Crippen LogP contribution >= 0.6 is 0 Å². The van der Waals surface area contributed by atoms with E-state index < -0.39 is 29.0 Å². The van der Waals surface area contributed by atoms with Crippen molar-refractivity contribution in [1.29, 1.82) is 0 Å². The van der Waals surface area contributed by atoms with Crippen LogP contribution < -0.4 is 10.3 Å². The summed E-state index contributed by atoms with van der Waals surface area (Å²) >= 11 is 0. The highest BCUT2D eigenvalue weighted by atomic mass is 19.1. The van der Waals surface area contributed by atoms with Crippen molar-refractivity contribution in [2.24, 2.45) is 0 Å². The number of rotatable bonds is 2. The van der Waals surface area contributed by atoms with E-state index in [0.29, 0.717) is 5.56 Å². The van der Waals surface area contributed by atoms with Crippen LogP contribution in [0.2, 0.25) is 0 Å². The summed E-state index contributed by atoms with van der Waals surface area (Å²) in [5.74, 6) is -1.78. The summed E-state index contributed by atoms with van der Waals surface area (Å²) in [7, 11) is 0. The zero-order valence-electron chi connectivity index (χ0n) is 14.7. The van der Waals surface area contributed by atoms with Crippen LogP contribution in [0, 0.1) is 11.6 Å². The van der Waals surface area contributed by atoms with Crippen molar-refractivity contribution in [3.63, 3.8) is 0 Å². The third-order valence-electron chi connectivity index (χ3n) is 4.79. The van der Waals surface area contributed by atoms with E-state index in [2.05, 4.69) is 9.97 Å². The van der Waals surface area contributed by atoms with E-state index >= 15 is 0 Å². The number of halogens is 2. The Hall–Kier alpha value is -3.94. The van der Waals surface area contributed by atoms with Crippen LogP contribution in [0.15, 0.2) is 70.1 Å². The number of fused-ring (bicyclic) bond motifs is 2. The first kappa shape index (κ1) is 17.2. The first-order valence-corrected chi connectivity index (χ1v) is 8.67. The molecule has 0 aliphatic carbocycles. The lowest BCUT2D eigenvalue weighted by Gasteiger charge is -2.22. The lowest BCUT2D eigenvalue weighted by molar-refractivity contribution is 0.0969. The van der Waals surface area contributed by atoms with E-state index in [0.717, 1.165) is 12.1 Å². The maximum Gasteiger partial charge on any atom is 0.297 e. The largest absolute Gasteiger partial charge is 0.450 e. The Labute approximate surface area is 162 Å². The molecular formula is C21H11F2N3O3. The van der Waals surface area contributed by atoms with E-state index in [1.807, 2.05) is 0 Å². The molecular weight excluding hydrogens is 380 g/mol. The topological polar surface area (TPSA) is 76.3 Å². The van der Waals surface area contributed by atoms with Crippen LogP contribution in [0.25, 0.3) is 11.0 Å². The monoisotopic (exact) mass is 391 g/mol. The average Bonchev–Trinajstić information content (AvgIpc) is 3.03. The molecule has 0 saturated heterocycles. The summed E-state index contributed by atoms with van der Waals surface area (Å²) in [5, 5.41) is 0.0134. The van der Waals surface area contributed by atoms with Gasteiger partial charge in [-0.1, -0.05) is 12.1 Å². The van der Waals surface area contributed by atoms with Crippen molar-refractivity contribution >= 4 is 22.8 Å². The number of hydrogen-bond donors (Lipinski definition) is 0. The normalized spacial score (nSPS) is 15.7. The Kier molecular flexibility index (Phi) is 3.73. The molecule has 0 fully saturated rings. The highest BCUT2D eigenvalue weighted by Crippen LogP contribution is 2.39. The van der Waals surface area contributed by atoms with Crippen LogP contribution in [0.5, 0.6) is 0 Å². The van der Waals surface area contributed by atoms with Crippen LogP contribution in [0.3, 0.4) is 0 Å². The predicted molar refractivity (Wildman–Crippen MR) is 99.5 cm³/mol. The summed E-state index contributed by atoms with van der Waals surface area (Å²) in [6.45, 7) is 0. The fourth-order valence-corrected chi connectivity index (χ4v) is 3.53. The Balaban J connectivity index is 1.83. The van der Waals surface area contributed by atoms with E-state index in [1.165, 1.54) is 47.6 Å². The molecule has 2 aromatic heterocycles. The summed E-state index contributed by atoms with van der Waals surface area (Å²) in [6, 6.07) is 9.54. The number of carbonyl (C=O) groups is 1. The maximum absolute atomic E-state index is 13.7. The third kappa shape index (κ3) is 2.60. The van der Waals surface area contributed by atoms with Crippen LogP contribution in [0.1, 0.15) is 27.7 Å². The molecule has 1 atom stereocenters. The Morgan fingerprint density at radius 3 is 2.34 bits per heavy atom. The van der Waals surface area contributed by atoms with Crippen molar-refractivity contribution in [3.05, 3.63) is 99.7 Å². The van der Waals surface area contributed by atoms with E-state index in [4.69, 9.17) is 4.42 Å². The lowest BCUT2D eigenvalue weighted by atomic mass is 9.98. The zero-order chi connectivity index (χ0) is 20.1. The molecule has 1 amide bonds. The van der Waals surface area contributed by atoms with Crippen LogP contribution in [0.4, 0.5) is 14.7 Å². The fourth-order valence-electron chi connectivity index (χ4n) is 3.53. The zero-order valence-corrected chi connectivity index (χ0v) is 14.7. The molecule has 0 spiro atoms. The van der Waals surface area contributed by atoms with Gasteiger partial charge in [0.1, 0.15) is 17.2 Å². The Morgan fingerprint density at radius 2 is 1.62 bits per heavy atom. The van der Waals surface area contributed by atoms with Gasteiger partial charge in [-0.3, -0.25) is 14.5 Å². The second-order valence-electron chi connectivity index (χ2n) is 6.49. The third-order valence-corrected chi connectivity index (χ3v) is 4.79. The number of benzene rings is 2. The van der Waals surface area contributed by atoms with Gasteiger partial charge in [-0.25, -0.2) is 18.7 Å². The Morgan fingerprint density at radius 1 is 0.931 bits per heavy atom. The summed E-state index contributed by atoms with van der Waals surface area (Å²) in [5.41, 5.74) is 0.0557. The van der Waals surface area contributed by atoms with Crippen LogP contribution in [-0.4, -0.2) is 15.9 Å². The van der Waals surface area contributed by atoms with Gasteiger partial charge in [0, 0.05) is 12.4 Å². The van der Waals surface area contributed by atoms with Gasteiger partial charge in [-0.05, 0) is 42.0 Å². The van der Waals surface area contributed by atoms with Crippen molar-refractivity contribution in [2.75, 3.05) is 4.90 Å². The molecule has 5 rings (SSSR count). The molecule has 142 valence electrons. The molecule has 0 unspecified atom stereocenters. The number of nitrogens with zero attached hydrogens (tertiary/aromatic N) is 3. The molecule has 4 aromatic rings. The fraction of sp³-hybridized carbons (Fsp3) is 0.0476. The highest BCUT2D eigenvalue weighted by Gasteiger charge is 2.44. The van der Waals surface area contributed by atoms with Crippen molar-refractivity contribution in [2.45, 2.75) is 6.04 Å². The number of amides is 1. The Bertz CT molecular complexity index is 1320. The average molecular weight is 391 g/mol. The molecule has 1 aliphatic heterocycles. The summed E-state index contributed by atoms with van der Waals surface area (Å²) < 4.78 is 32.9. The molecule has 2 aromatic carbocycles. The highest BCUT2D eigenvalue weighted by molar-refractivity contribution is 6.09. The number of hydrogen-bond acceptors (Lipinski definition) is 5. The lowest BCUT2D eigenvalue weighted by Crippen LogP contribution is -2.31. The first-order chi connectivity index (χ1) is 14.0. The smallest absolute Gasteiger partial charge is 0.297 e. The van der Waals surface area contributed by atoms with Gasteiger partial charge >= 0.3 is 0 Å². The van der Waals surface area contributed by atoms with E-state index in [1.54, 1.807) is 6.07 Å². The van der Waals surface area contributed by atoms with Gasteiger partial charge in [0.05, 0.1) is 17.0 Å². The van der Waals surface area contributed by atoms with Crippen molar-refractivity contribution in [3.8, 4) is 0 Å². The van der Waals surface area contributed by atoms with Gasteiger partial charge in [0.15, 0.2) is 5.43 Å². The molecule has 0 radical (unpaired) electrons. The van der Waals surface area contributed by atoms with Crippen molar-refractivity contribution in [1.82, 2.24) is 9.97 Å². The minimum absolute atomic E-state index is 0.0134. The number of aromatic nitrogens is 2. The van der Waals surface area contributed by atoms with Gasteiger partial charge in [-0.15, -0.1) is 0 Å². The first-order valence-electron chi connectivity index (χ1n) is 8.67. The van der Waals surface area contributed by atoms with E-state index in [9.17, 15) is 18.4 Å². The number of carbonyl (C=O) groups excluding carboxylic acids is 1. The van der Waals surface area contributed by atoms with Gasteiger partial charge < -0.3 is 4.42 Å². The molecule has 29 heavy (non-hydrogen) atoms. The van der Waals surface area contributed by atoms with Gasteiger partial charge in [-0.2, -0.15) is 0 Å². The molecule has 0 N–H and O–H groups in total. The van der Waals surface area contributed by atoms with Crippen molar-refractivity contribution < 1.29 is 18.0 Å². The maximum atomic E-state index is 13.7. The molecule has 3 heterocycles.